The maximum atomic E-state index is 13.3. The zero-order chi connectivity index (χ0) is 26.9. The van der Waals surface area contributed by atoms with Crippen molar-refractivity contribution in [1.82, 2.24) is 9.47 Å². The first-order valence-corrected chi connectivity index (χ1v) is 12.7. The fourth-order valence-corrected chi connectivity index (χ4v) is 6.27. The molecule has 2 aliphatic rings. The van der Waals surface area contributed by atoms with Crippen LogP contribution in [0.3, 0.4) is 0 Å². The van der Waals surface area contributed by atoms with Crippen molar-refractivity contribution in [2.24, 2.45) is 5.92 Å². The van der Waals surface area contributed by atoms with Crippen LogP contribution in [0.2, 0.25) is 0 Å². The van der Waals surface area contributed by atoms with Crippen molar-refractivity contribution in [2.75, 3.05) is 13.1 Å². The van der Waals surface area contributed by atoms with E-state index in [1.165, 1.54) is 10.6 Å². The number of fused-ring (bicyclic) bond motifs is 6. The van der Waals surface area contributed by atoms with Gasteiger partial charge in [0.15, 0.2) is 0 Å². The van der Waals surface area contributed by atoms with Gasteiger partial charge in [-0.2, -0.15) is 0 Å². The van der Waals surface area contributed by atoms with Gasteiger partial charge in [-0.3, -0.25) is 19.7 Å². The first-order valence-electron chi connectivity index (χ1n) is 12.7. The number of carbonyl (C=O) groups is 1. The third-order valence-electron chi connectivity index (χ3n) is 8.26. The Hall–Kier alpha value is -4.21. The molecule has 3 aromatic heterocycles. The summed E-state index contributed by atoms with van der Waals surface area (Å²) in [4.78, 5) is 51.2. The predicted octanol–water partition coefficient (Wildman–Crippen LogP) is 4.11. The number of rotatable bonds is 4. The number of nitro groups is 1. The van der Waals surface area contributed by atoms with Gasteiger partial charge in [0.05, 0.1) is 11.2 Å². The number of piperidine rings is 1. The van der Waals surface area contributed by atoms with Gasteiger partial charge in [0, 0.05) is 65.6 Å². The van der Waals surface area contributed by atoms with Crippen molar-refractivity contribution in [1.29, 1.82) is 0 Å². The van der Waals surface area contributed by atoms with Crippen molar-refractivity contribution >= 4 is 33.5 Å². The summed E-state index contributed by atoms with van der Waals surface area (Å²) >= 11 is 0. The number of likely N-dealkylation sites (tertiary alicyclic amines) is 1. The SMILES string of the molecule is Cc1coc2c(C)c3oc(=O)c(CCC(=O)N4CC5C[C@@H](C4)Cn4c5ccc([N+](=O)[O-])c4=O)c(C)c3cc12. The highest BCUT2D eigenvalue weighted by Crippen LogP contribution is 2.36. The number of hydrogen-bond donors (Lipinski definition) is 0. The Balaban J connectivity index is 1.24. The summed E-state index contributed by atoms with van der Waals surface area (Å²) in [6, 6.07) is 4.88. The molecular weight excluding hydrogens is 490 g/mol. The summed E-state index contributed by atoms with van der Waals surface area (Å²) in [6.45, 7) is 7.00. The quantitative estimate of drug-likeness (QED) is 0.226. The molecule has 0 spiro atoms. The van der Waals surface area contributed by atoms with Crippen LogP contribution in [0, 0.1) is 36.8 Å². The number of furan rings is 1. The smallest absolute Gasteiger partial charge is 0.339 e. The molecule has 0 N–H and O–H groups in total. The molecule has 1 unspecified atom stereocenters. The molecule has 1 saturated heterocycles. The van der Waals surface area contributed by atoms with Gasteiger partial charge in [0.25, 0.3) is 0 Å². The molecule has 0 aliphatic carbocycles. The van der Waals surface area contributed by atoms with E-state index in [9.17, 15) is 24.5 Å². The molecule has 10 nitrogen and oxygen atoms in total. The molecule has 2 atom stereocenters. The highest BCUT2D eigenvalue weighted by Gasteiger charge is 2.37. The van der Waals surface area contributed by atoms with Gasteiger partial charge in [-0.1, -0.05) is 0 Å². The van der Waals surface area contributed by atoms with Gasteiger partial charge >= 0.3 is 16.9 Å². The summed E-state index contributed by atoms with van der Waals surface area (Å²) in [6.07, 6.45) is 2.94. The van der Waals surface area contributed by atoms with Crippen LogP contribution in [0.4, 0.5) is 5.69 Å². The molecule has 1 aromatic carbocycles. The van der Waals surface area contributed by atoms with Crippen molar-refractivity contribution in [2.45, 2.75) is 52.5 Å². The summed E-state index contributed by atoms with van der Waals surface area (Å²) < 4.78 is 12.9. The highest BCUT2D eigenvalue weighted by atomic mass is 16.6. The summed E-state index contributed by atoms with van der Waals surface area (Å²) in [5, 5.41) is 13.0. The number of aryl methyl sites for hydroxylation is 3. The van der Waals surface area contributed by atoms with Crippen LogP contribution in [0.25, 0.3) is 21.9 Å². The molecule has 196 valence electrons. The molecule has 1 fully saturated rings. The third kappa shape index (κ3) is 3.66. The standard InChI is InChI=1S/C28H27N3O7/c1-14-13-37-25-16(3)26-21(9-20(14)25)15(2)19(28(34)38-26)4-7-24(32)29-10-17-8-18(12-29)22-5-6-23(31(35)36)27(33)30(22)11-17/h5-6,9,13,17-18H,4,7-8,10-12H2,1-3H3/t17-,18?/m0/s1. The van der Waals surface area contributed by atoms with E-state index in [2.05, 4.69) is 0 Å². The highest BCUT2D eigenvalue weighted by molar-refractivity contribution is 5.99. The van der Waals surface area contributed by atoms with Crippen molar-refractivity contribution in [3.05, 3.63) is 83.3 Å². The van der Waals surface area contributed by atoms with Crippen LogP contribution < -0.4 is 11.2 Å². The van der Waals surface area contributed by atoms with Crippen LogP contribution in [0.1, 0.15) is 46.7 Å². The largest absolute Gasteiger partial charge is 0.464 e. The number of benzene rings is 1. The Morgan fingerprint density at radius 3 is 2.63 bits per heavy atom. The van der Waals surface area contributed by atoms with E-state index < -0.39 is 21.8 Å². The minimum atomic E-state index is -0.651. The van der Waals surface area contributed by atoms with Gasteiger partial charge in [0.1, 0.15) is 11.2 Å². The van der Waals surface area contributed by atoms with E-state index in [1.807, 2.05) is 26.8 Å². The van der Waals surface area contributed by atoms with Crippen LogP contribution >= 0.6 is 0 Å². The average molecular weight is 518 g/mol. The minimum absolute atomic E-state index is 0.0426. The number of nitrogens with zero attached hydrogens (tertiary/aromatic N) is 3. The Bertz CT molecular complexity index is 1780. The molecule has 2 aliphatic heterocycles. The molecule has 5 heterocycles. The maximum Gasteiger partial charge on any atom is 0.339 e. The molecular formula is C28H27N3O7. The fraction of sp³-hybridized carbons (Fsp3) is 0.393. The van der Waals surface area contributed by atoms with Crippen molar-refractivity contribution in [3.8, 4) is 0 Å². The van der Waals surface area contributed by atoms with E-state index in [-0.39, 0.29) is 30.6 Å². The Morgan fingerprint density at radius 1 is 1.08 bits per heavy atom. The normalized spacial score (nSPS) is 18.7. The first kappa shape index (κ1) is 24.1. The molecule has 0 radical (unpaired) electrons. The number of pyridine rings is 1. The van der Waals surface area contributed by atoms with Crippen molar-refractivity contribution in [3.63, 3.8) is 0 Å². The second kappa shape index (κ2) is 8.68. The molecule has 1 amide bonds. The molecule has 38 heavy (non-hydrogen) atoms. The number of aromatic nitrogens is 1. The fourth-order valence-electron chi connectivity index (χ4n) is 6.27. The summed E-state index contributed by atoms with van der Waals surface area (Å²) in [5.41, 5.74) is 3.56. The zero-order valence-electron chi connectivity index (χ0n) is 21.4. The molecule has 0 saturated carbocycles. The number of hydrogen-bond acceptors (Lipinski definition) is 7. The number of carbonyl (C=O) groups excluding carboxylic acids is 1. The molecule has 4 aromatic rings. The van der Waals surface area contributed by atoms with Gasteiger partial charge < -0.3 is 18.3 Å². The first-order chi connectivity index (χ1) is 18.1. The van der Waals surface area contributed by atoms with Gasteiger partial charge in [-0.05, 0) is 62.8 Å². The van der Waals surface area contributed by atoms with Crippen LogP contribution in [-0.4, -0.2) is 33.4 Å². The van der Waals surface area contributed by atoms with Crippen LogP contribution in [0.5, 0.6) is 0 Å². The van der Waals surface area contributed by atoms with E-state index in [0.717, 1.165) is 39.6 Å². The second-order valence-corrected chi connectivity index (χ2v) is 10.6. The monoisotopic (exact) mass is 517 g/mol. The minimum Gasteiger partial charge on any atom is -0.464 e. The number of amides is 1. The lowest BCUT2D eigenvalue weighted by atomic mass is 9.83. The topological polar surface area (TPSA) is 129 Å². The van der Waals surface area contributed by atoms with Crippen LogP contribution in [0.15, 0.2) is 42.9 Å². The molecule has 6 rings (SSSR count). The average Bonchev–Trinajstić information content (AvgIpc) is 3.25. The van der Waals surface area contributed by atoms with E-state index in [4.69, 9.17) is 8.83 Å². The van der Waals surface area contributed by atoms with Gasteiger partial charge in [-0.15, -0.1) is 0 Å². The summed E-state index contributed by atoms with van der Waals surface area (Å²) in [5.74, 6) is -0.0782. The lowest BCUT2D eigenvalue weighted by Crippen LogP contribution is -2.49. The van der Waals surface area contributed by atoms with E-state index in [0.29, 0.717) is 36.4 Å². The van der Waals surface area contributed by atoms with E-state index in [1.54, 1.807) is 17.2 Å². The Morgan fingerprint density at radius 2 is 1.87 bits per heavy atom. The Kier molecular flexibility index (Phi) is 5.51. The summed E-state index contributed by atoms with van der Waals surface area (Å²) in [7, 11) is 0. The Labute approximate surface area is 216 Å². The third-order valence-corrected chi connectivity index (χ3v) is 8.26. The van der Waals surface area contributed by atoms with E-state index >= 15 is 0 Å². The predicted molar refractivity (Wildman–Crippen MR) is 140 cm³/mol. The van der Waals surface area contributed by atoms with Crippen molar-refractivity contribution < 1.29 is 18.6 Å². The zero-order valence-corrected chi connectivity index (χ0v) is 21.4. The lowest BCUT2D eigenvalue weighted by Gasteiger charge is -2.42. The second-order valence-electron chi connectivity index (χ2n) is 10.6. The van der Waals surface area contributed by atoms with Crippen LogP contribution in [-0.2, 0) is 17.8 Å². The lowest BCUT2D eigenvalue weighted by molar-refractivity contribution is -0.386. The molecule has 2 bridgehead atoms. The van der Waals surface area contributed by atoms with Gasteiger partial charge in [0.2, 0.25) is 5.91 Å². The van der Waals surface area contributed by atoms with Gasteiger partial charge in [-0.25, -0.2) is 4.79 Å². The maximum absolute atomic E-state index is 13.3. The molecule has 10 heteroatoms.